The van der Waals surface area contributed by atoms with Gasteiger partial charge in [-0.05, 0) is 59.3 Å². The van der Waals surface area contributed by atoms with Gasteiger partial charge in [-0.1, -0.05) is 59.3 Å². The van der Waals surface area contributed by atoms with Gasteiger partial charge in [0.2, 0.25) is 0 Å². The molecule has 0 atom stereocenters. The molecule has 0 aliphatic rings. The summed E-state index contributed by atoms with van der Waals surface area (Å²) in [5, 5.41) is 8.25. The van der Waals surface area contributed by atoms with Gasteiger partial charge in [-0.25, -0.2) is 0 Å². The molecule has 0 aromatic carbocycles. The fourth-order valence-corrected chi connectivity index (χ4v) is 3.10. The fraction of sp³-hybridized carbons (Fsp3) is 0.958. The fourth-order valence-electron chi connectivity index (χ4n) is 3.10. The Morgan fingerprint density at radius 2 is 0.926 bits per heavy atom. The highest BCUT2D eigenvalue weighted by molar-refractivity contribution is 5.72. The molecule has 0 bridgehead atoms. The van der Waals surface area contributed by atoms with Crippen LogP contribution in [0.4, 0.5) is 0 Å². The van der Waals surface area contributed by atoms with Crippen molar-refractivity contribution in [2.45, 2.75) is 119 Å². The summed E-state index contributed by atoms with van der Waals surface area (Å²) >= 11 is 0. The van der Waals surface area contributed by atoms with Crippen LogP contribution < -0.4 is 0 Å². The van der Waals surface area contributed by atoms with E-state index in [1.54, 1.807) is 20.8 Å². The minimum atomic E-state index is -0.757. The van der Waals surface area contributed by atoms with Crippen LogP contribution in [0.5, 0.6) is 0 Å². The first-order valence-electron chi connectivity index (χ1n) is 11.7. The molecule has 1 N–H and O–H groups in total. The van der Waals surface area contributed by atoms with Crippen LogP contribution in [0.3, 0.4) is 0 Å². The lowest BCUT2D eigenvalue weighted by Gasteiger charge is -2.35. The number of hydrogen-bond donors (Lipinski definition) is 1. The highest BCUT2D eigenvalue weighted by Crippen LogP contribution is 2.14. The first-order valence-corrected chi connectivity index (χ1v) is 11.7. The molecule has 0 aromatic rings. The Bertz CT molecular complexity index is 302. The molecule has 0 amide bonds. The summed E-state index contributed by atoms with van der Waals surface area (Å²) in [5.41, 5.74) is -0.583. The molecule has 0 heterocycles. The van der Waals surface area contributed by atoms with Gasteiger partial charge in [-0.3, -0.25) is 4.79 Å². The first kappa shape index (κ1) is 28.6. The van der Waals surface area contributed by atoms with Crippen LogP contribution in [-0.2, 0) is 4.79 Å². The number of unbranched alkanes of at least 4 members (excludes halogenated alkanes) is 9. The molecular formula is C24H52NO2+. The molecule has 0 aliphatic heterocycles. The molecule has 0 saturated heterocycles. The van der Waals surface area contributed by atoms with E-state index >= 15 is 0 Å². The predicted molar refractivity (Wildman–Crippen MR) is 120 cm³/mol. The molecule has 0 saturated carbocycles. The second kappa shape index (κ2) is 17.5. The maximum atomic E-state index is 10.0. The summed E-state index contributed by atoms with van der Waals surface area (Å²) < 4.78 is 1.34. The summed E-state index contributed by atoms with van der Waals surface area (Å²) in [6, 6.07) is 0. The van der Waals surface area contributed by atoms with Crippen molar-refractivity contribution in [1.29, 1.82) is 0 Å². The monoisotopic (exact) mass is 386 g/mol. The third-order valence-corrected chi connectivity index (χ3v) is 5.30. The summed E-state index contributed by atoms with van der Waals surface area (Å²) in [4.78, 5) is 10.0. The van der Waals surface area contributed by atoms with Gasteiger partial charge in [0.25, 0.3) is 0 Å². The molecule has 3 heteroatoms. The van der Waals surface area contributed by atoms with Crippen LogP contribution in [-0.4, -0.2) is 42.2 Å². The van der Waals surface area contributed by atoms with Gasteiger partial charge in [-0.15, -0.1) is 0 Å². The Kier molecular flexibility index (Phi) is 18.6. The van der Waals surface area contributed by atoms with E-state index in [1.807, 2.05) is 0 Å². The van der Waals surface area contributed by atoms with Gasteiger partial charge in [-0.2, -0.15) is 0 Å². The Hall–Kier alpha value is -0.570. The van der Waals surface area contributed by atoms with Crippen molar-refractivity contribution in [2.75, 3.05) is 26.7 Å². The van der Waals surface area contributed by atoms with Gasteiger partial charge in [0.05, 0.1) is 32.1 Å². The number of hydrogen-bond acceptors (Lipinski definition) is 1. The normalized spacial score (nSPS) is 11.8. The molecule has 0 rings (SSSR count). The zero-order chi connectivity index (χ0) is 21.2. The molecule has 0 aromatic heterocycles. The highest BCUT2D eigenvalue weighted by atomic mass is 16.4. The van der Waals surface area contributed by atoms with Gasteiger partial charge in [0, 0.05) is 0 Å². The van der Waals surface area contributed by atoms with E-state index in [-0.39, 0.29) is 0 Å². The molecule has 0 unspecified atom stereocenters. The molecule has 27 heavy (non-hydrogen) atoms. The van der Waals surface area contributed by atoms with E-state index in [4.69, 9.17) is 5.11 Å². The molecule has 164 valence electrons. The van der Waals surface area contributed by atoms with Crippen molar-refractivity contribution in [1.82, 2.24) is 0 Å². The molecule has 0 radical (unpaired) electrons. The lowest BCUT2D eigenvalue weighted by atomic mass is 9.98. The van der Waals surface area contributed by atoms with E-state index in [2.05, 4.69) is 27.8 Å². The van der Waals surface area contributed by atoms with E-state index in [1.165, 1.54) is 101 Å². The van der Waals surface area contributed by atoms with Crippen molar-refractivity contribution < 1.29 is 14.4 Å². The Morgan fingerprint density at radius 1 is 0.667 bits per heavy atom. The highest BCUT2D eigenvalue weighted by Gasteiger charge is 2.20. The average Bonchev–Trinajstić information content (AvgIpc) is 2.59. The minimum absolute atomic E-state index is 0.583. The van der Waals surface area contributed by atoms with Gasteiger partial charge in [0.1, 0.15) is 0 Å². The molecule has 3 nitrogen and oxygen atoms in total. The van der Waals surface area contributed by atoms with E-state index < -0.39 is 11.4 Å². The molecular weight excluding hydrogens is 334 g/mol. The average molecular weight is 387 g/mol. The van der Waals surface area contributed by atoms with Crippen LogP contribution in [0, 0.1) is 5.41 Å². The van der Waals surface area contributed by atoms with Gasteiger partial charge < -0.3 is 9.59 Å². The second-order valence-corrected chi connectivity index (χ2v) is 9.53. The van der Waals surface area contributed by atoms with Crippen LogP contribution >= 0.6 is 0 Å². The lowest BCUT2D eigenvalue weighted by Crippen LogP contribution is -2.46. The van der Waals surface area contributed by atoms with Crippen molar-refractivity contribution in [3.63, 3.8) is 0 Å². The van der Waals surface area contributed by atoms with Crippen LogP contribution in [0.1, 0.15) is 119 Å². The molecule has 0 fully saturated rings. The standard InChI is InChI=1S/C19H42N.C5H10O2/c1-5-8-11-14-17-20(4,18-15-12-9-6-2)19-16-13-10-7-3;1-5(2,3)4(6)7/h5-19H2,1-4H3;1-3H3,(H,6,7)/q+1;. The zero-order valence-corrected chi connectivity index (χ0v) is 19.9. The van der Waals surface area contributed by atoms with Crippen LogP contribution in [0.15, 0.2) is 0 Å². The Labute approximate surface area is 171 Å². The third kappa shape index (κ3) is 20.0. The third-order valence-electron chi connectivity index (χ3n) is 5.30. The smallest absolute Gasteiger partial charge is 0.308 e. The van der Waals surface area contributed by atoms with Crippen LogP contribution in [0.25, 0.3) is 0 Å². The summed E-state index contributed by atoms with van der Waals surface area (Å²) in [7, 11) is 2.52. The molecule has 0 aliphatic carbocycles. The quantitative estimate of drug-likeness (QED) is 0.237. The van der Waals surface area contributed by atoms with Crippen molar-refractivity contribution in [3.8, 4) is 0 Å². The number of rotatable bonds is 15. The second-order valence-electron chi connectivity index (χ2n) is 9.53. The molecule has 0 spiro atoms. The zero-order valence-electron chi connectivity index (χ0n) is 19.9. The number of carboxylic acids is 1. The van der Waals surface area contributed by atoms with Crippen molar-refractivity contribution in [3.05, 3.63) is 0 Å². The van der Waals surface area contributed by atoms with Gasteiger partial charge in [0.15, 0.2) is 0 Å². The number of carboxylic acid groups (broad SMARTS) is 1. The minimum Gasteiger partial charge on any atom is -0.481 e. The maximum Gasteiger partial charge on any atom is 0.308 e. The summed E-state index contributed by atoms with van der Waals surface area (Å²) in [6.45, 7) is 16.2. The Balaban J connectivity index is 0. The Morgan fingerprint density at radius 3 is 1.11 bits per heavy atom. The summed E-state index contributed by atoms with van der Waals surface area (Å²) in [5.74, 6) is -0.757. The van der Waals surface area contributed by atoms with E-state index in [0.29, 0.717) is 0 Å². The SMILES string of the molecule is CC(C)(C)C(=O)O.CCCCCC[N+](C)(CCCCCC)CCCCCC. The predicted octanol–water partition coefficient (Wildman–Crippen LogP) is 7.29. The van der Waals surface area contributed by atoms with Crippen molar-refractivity contribution in [2.24, 2.45) is 5.41 Å². The number of aliphatic carboxylic acids is 1. The lowest BCUT2D eigenvalue weighted by molar-refractivity contribution is -0.910. The maximum absolute atomic E-state index is 10.0. The number of nitrogens with zero attached hydrogens (tertiary/aromatic N) is 1. The van der Waals surface area contributed by atoms with Gasteiger partial charge >= 0.3 is 5.97 Å². The van der Waals surface area contributed by atoms with Crippen molar-refractivity contribution >= 4 is 5.97 Å². The number of quaternary nitrogens is 1. The largest absolute Gasteiger partial charge is 0.481 e. The van der Waals surface area contributed by atoms with Crippen LogP contribution in [0.2, 0.25) is 0 Å². The topological polar surface area (TPSA) is 37.3 Å². The first-order chi connectivity index (χ1) is 12.6. The van der Waals surface area contributed by atoms with E-state index in [9.17, 15) is 4.79 Å². The van der Waals surface area contributed by atoms with E-state index in [0.717, 1.165) is 0 Å². The summed E-state index contributed by atoms with van der Waals surface area (Å²) in [6.07, 6.45) is 17.0. The number of carbonyl (C=O) groups is 1.